The molecule has 0 saturated carbocycles. The molecular formula is C34H42F3N3O4. The summed E-state index contributed by atoms with van der Waals surface area (Å²) in [5.74, 6) is -4.05. The number of alkyl halides is 2. The van der Waals surface area contributed by atoms with E-state index < -0.39 is 35.4 Å². The summed E-state index contributed by atoms with van der Waals surface area (Å²) >= 11 is 0. The van der Waals surface area contributed by atoms with Gasteiger partial charge in [0.25, 0.3) is 5.92 Å². The lowest BCUT2D eigenvalue weighted by atomic mass is 9.73. The number of methoxy groups -OCH3 is 1. The minimum Gasteiger partial charge on any atom is -0.496 e. The van der Waals surface area contributed by atoms with E-state index in [4.69, 9.17) is 14.2 Å². The summed E-state index contributed by atoms with van der Waals surface area (Å²) in [6.45, 7) is 9.92. The van der Waals surface area contributed by atoms with Gasteiger partial charge in [-0.25, -0.2) is 22.6 Å². The summed E-state index contributed by atoms with van der Waals surface area (Å²) < 4.78 is 64.9. The van der Waals surface area contributed by atoms with Gasteiger partial charge in [-0.05, 0) is 101 Å². The van der Waals surface area contributed by atoms with Gasteiger partial charge in [0.2, 0.25) is 0 Å². The van der Waals surface area contributed by atoms with E-state index in [9.17, 15) is 13.6 Å². The van der Waals surface area contributed by atoms with Crippen molar-refractivity contribution in [2.75, 3.05) is 20.3 Å². The summed E-state index contributed by atoms with van der Waals surface area (Å²) in [4.78, 5) is 13.9. The molecular weight excluding hydrogens is 571 g/mol. The largest absolute Gasteiger partial charge is 0.496 e. The molecule has 3 atom stereocenters. The number of ether oxygens (including phenoxy) is 3. The molecule has 5 rings (SSSR count). The highest BCUT2D eigenvalue weighted by Gasteiger charge is 2.49. The summed E-state index contributed by atoms with van der Waals surface area (Å²) in [6.07, 6.45) is 7.73. The Labute approximate surface area is 256 Å². The Bertz CT molecular complexity index is 1570. The molecule has 0 radical (unpaired) electrons. The third-order valence-corrected chi connectivity index (χ3v) is 8.50. The van der Waals surface area contributed by atoms with Crippen LogP contribution in [0.25, 0.3) is 17.0 Å². The number of halogens is 3. The maximum atomic E-state index is 16.4. The zero-order chi connectivity index (χ0) is 32.0. The van der Waals surface area contributed by atoms with Crippen LogP contribution in [0.4, 0.5) is 13.2 Å². The van der Waals surface area contributed by atoms with Gasteiger partial charge in [-0.15, -0.1) is 0 Å². The summed E-state index contributed by atoms with van der Waals surface area (Å²) in [5, 5.41) is 5.58. The van der Waals surface area contributed by atoms with Crippen molar-refractivity contribution in [3.63, 3.8) is 0 Å². The third-order valence-electron chi connectivity index (χ3n) is 8.50. The fourth-order valence-corrected chi connectivity index (χ4v) is 6.72. The van der Waals surface area contributed by atoms with Crippen LogP contribution in [-0.2, 0) is 26.2 Å². The normalized spacial score (nSPS) is 23.2. The molecule has 7 nitrogen and oxygen atoms in total. The molecule has 3 aromatic rings. The van der Waals surface area contributed by atoms with Crippen LogP contribution >= 0.6 is 0 Å². The third kappa shape index (κ3) is 6.24. The average Bonchev–Trinajstić information content (AvgIpc) is 3.37. The summed E-state index contributed by atoms with van der Waals surface area (Å²) in [5.41, 5.74) is 1.06. The summed E-state index contributed by atoms with van der Waals surface area (Å²) in [7, 11) is 1.42. The molecule has 1 saturated heterocycles. The van der Waals surface area contributed by atoms with Crippen molar-refractivity contribution in [1.29, 1.82) is 0 Å². The number of esters is 1. The van der Waals surface area contributed by atoms with E-state index in [0.29, 0.717) is 24.2 Å². The van der Waals surface area contributed by atoms with Gasteiger partial charge in [0.15, 0.2) is 6.23 Å². The fourth-order valence-electron chi connectivity index (χ4n) is 6.72. The second kappa shape index (κ2) is 11.9. The van der Waals surface area contributed by atoms with Gasteiger partial charge in [0.05, 0.1) is 36.5 Å². The minimum absolute atomic E-state index is 0.147. The number of benzene rings is 2. The maximum Gasteiger partial charge on any atom is 0.331 e. The van der Waals surface area contributed by atoms with Crippen LogP contribution in [0.5, 0.6) is 5.75 Å². The van der Waals surface area contributed by atoms with E-state index >= 15 is 4.39 Å². The van der Waals surface area contributed by atoms with Crippen LogP contribution in [0.15, 0.2) is 36.5 Å². The predicted octanol–water partition coefficient (Wildman–Crippen LogP) is 7.40. The van der Waals surface area contributed by atoms with E-state index in [1.165, 1.54) is 25.3 Å². The lowest BCUT2D eigenvalue weighted by molar-refractivity contribution is -0.148. The second-order valence-corrected chi connectivity index (χ2v) is 13.2. The molecule has 2 aliphatic rings. The molecule has 0 spiro atoms. The lowest BCUT2D eigenvalue weighted by Gasteiger charge is -2.51. The predicted molar refractivity (Wildman–Crippen MR) is 163 cm³/mol. The first-order chi connectivity index (χ1) is 20.6. The highest BCUT2D eigenvalue weighted by Crippen LogP contribution is 2.50. The van der Waals surface area contributed by atoms with Gasteiger partial charge in [0.1, 0.15) is 17.2 Å². The maximum absolute atomic E-state index is 16.4. The standard InChI is InChI=1S/C34H42F3N3O4/c1-21-16-23-24-19-38-40(29-10-8-9-15-43-29)27(24)13-12-25(23)34(6,39(21)20-33(5,36)37)31-26(35)17-22(18-28(31)42-7)11-14-30(41)44-32(2,3)4/h11-14,17-19,21,29H,8-10,15-16,20H2,1-7H3/b14-11+/t21-,29?,34+/m1/s1. The van der Waals surface area contributed by atoms with Crippen molar-refractivity contribution >= 4 is 22.9 Å². The molecule has 44 heavy (non-hydrogen) atoms. The number of nitrogens with zero attached hydrogens (tertiary/aromatic N) is 3. The monoisotopic (exact) mass is 613 g/mol. The average molecular weight is 614 g/mol. The second-order valence-electron chi connectivity index (χ2n) is 13.2. The van der Waals surface area contributed by atoms with Crippen LogP contribution in [0.2, 0.25) is 0 Å². The molecule has 2 aromatic carbocycles. The van der Waals surface area contributed by atoms with Crippen molar-refractivity contribution in [3.8, 4) is 5.75 Å². The molecule has 0 aliphatic carbocycles. The Hall–Kier alpha value is -3.37. The number of hydrogen-bond donors (Lipinski definition) is 0. The van der Waals surface area contributed by atoms with E-state index in [2.05, 4.69) is 5.10 Å². The molecule has 0 amide bonds. The zero-order valence-electron chi connectivity index (χ0n) is 26.5. The highest BCUT2D eigenvalue weighted by atomic mass is 19.3. The van der Waals surface area contributed by atoms with Gasteiger partial charge in [-0.1, -0.05) is 6.07 Å². The SMILES string of the molecule is COc1cc(/C=C/C(=O)OC(C)(C)C)cc(F)c1[C@]1(C)c2ccc3c(cnn3C3CCCCO3)c2C[C@@H](C)N1CC(C)(F)F. The number of rotatable bonds is 7. The number of carbonyl (C=O) groups is 1. The smallest absolute Gasteiger partial charge is 0.331 e. The van der Waals surface area contributed by atoms with Crippen LogP contribution in [0, 0.1) is 5.82 Å². The highest BCUT2D eigenvalue weighted by molar-refractivity contribution is 5.87. The van der Waals surface area contributed by atoms with Gasteiger partial charge >= 0.3 is 5.97 Å². The first-order valence-corrected chi connectivity index (χ1v) is 15.2. The van der Waals surface area contributed by atoms with Crippen LogP contribution in [-0.4, -0.2) is 58.5 Å². The Morgan fingerprint density at radius 3 is 2.59 bits per heavy atom. The quantitative estimate of drug-likeness (QED) is 0.204. The molecule has 2 aliphatic heterocycles. The Balaban J connectivity index is 1.66. The van der Waals surface area contributed by atoms with Crippen molar-refractivity contribution in [1.82, 2.24) is 14.7 Å². The molecule has 10 heteroatoms. The van der Waals surface area contributed by atoms with E-state index in [1.807, 2.05) is 29.9 Å². The Morgan fingerprint density at radius 2 is 1.95 bits per heavy atom. The number of hydrogen-bond acceptors (Lipinski definition) is 6. The van der Waals surface area contributed by atoms with E-state index in [-0.39, 0.29) is 23.6 Å². The number of aromatic nitrogens is 2. The Morgan fingerprint density at radius 1 is 1.20 bits per heavy atom. The first-order valence-electron chi connectivity index (χ1n) is 15.2. The molecule has 0 bridgehead atoms. The van der Waals surface area contributed by atoms with Crippen molar-refractivity contribution < 1.29 is 32.2 Å². The Kier molecular flexibility index (Phi) is 8.63. The first kappa shape index (κ1) is 32.0. The number of fused-ring (bicyclic) bond motifs is 3. The molecule has 1 unspecified atom stereocenters. The zero-order valence-corrected chi connectivity index (χ0v) is 26.5. The van der Waals surface area contributed by atoms with Crippen LogP contribution in [0.1, 0.15) is 89.3 Å². The molecule has 0 N–H and O–H groups in total. The van der Waals surface area contributed by atoms with E-state index in [1.54, 1.807) is 38.7 Å². The molecule has 238 valence electrons. The topological polar surface area (TPSA) is 65.8 Å². The molecule has 1 fully saturated rings. The summed E-state index contributed by atoms with van der Waals surface area (Å²) in [6, 6.07) is 6.37. The number of carbonyl (C=O) groups excluding carboxylic acids is 1. The van der Waals surface area contributed by atoms with Gasteiger partial charge in [0, 0.05) is 31.0 Å². The van der Waals surface area contributed by atoms with Crippen molar-refractivity contribution in [3.05, 3.63) is 64.6 Å². The minimum atomic E-state index is -3.04. The molecule has 3 heterocycles. The van der Waals surface area contributed by atoms with Crippen molar-refractivity contribution in [2.24, 2.45) is 0 Å². The fraction of sp³-hybridized carbons (Fsp3) is 0.529. The van der Waals surface area contributed by atoms with E-state index in [0.717, 1.165) is 42.7 Å². The van der Waals surface area contributed by atoms with Gasteiger partial charge < -0.3 is 14.2 Å². The lowest BCUT2D eigenvalue weighted by Crippen LogP contribution is -2.57. The van der Waals surface area contributed by atoms with Crippen molar-refractivity contribution in [2.45, 2.75) is 96.6 Å². The van der Waals surface area contributed by atoms with Crippen LogP contribution in [0.3, 0.4) is 0 Å². The van der Waals surface area contributed by atoms with Gasteiger partial charge in [-0.3, -0.25) is 4.90 Å². The van der Waals surface area contributed by atoms with Gasteiger partial charge in [-0.2, -0.15) is 5.10 Å². The molecule has 1 aromatic heterocycles. The van der Waals surface area contributed by atoms with Crippen LogP contribution < -0.4 is 4.74 Å².